The lowest BCUT2D eigenvalue weighted by Gasteiger charge is -2.38. The van der Waals surface area contributed by atoms with Crippen LogP contribution < -0.4 is 10.1 Å². The van der Waals surface area contributed by atoms with Crippen LogP contribution in [0, 0.1) is 5.92 Å². The molecule has 1 saturated heterocycles. The molecule has 6 nitrogen and oxygen atoms in total. The largest absolute Gasteiger partial charge is 0.463 e. The molecule has 0 radical (unpaired) electrons. The van der Waals surface area contributed by atoms with E-state index in [1.807, 2.05) is 0 Å². The molecule has 1 N–H and O–H groups in total. The number of rotatable bonds is 8. The van der Waals surface area contributed by atoms with Gasteiger partial charge in [-0.1, -0.05) is 26.0 Å². The molecule has 3 rings (SSSR count). The minimum absolute atomic E-state index is 0.298. The molecule has 0 bridgehead atoms. The first-order valence-electron chi connectivity index (χ1n) is 9.36. The van der Waals surface area contributed by atoms with Crippen LogP contribution in [0.1, 0.15) is 33.1 Å². The van der Waals surface area contributed by atoms with Gasteiger partial charge in [0.2, 0.25) is 0 Å². The predicted octanol–water partition coefficient (Wildman–Crippen LogP) is 3.09. The Morgan fingerprint density at radius 3 is 2.33 bits per heavy atom. The lowest BCUT2D eigenvalue weighted by Crippen LogP contribution is -2.52. The summed E-state index contributed by atoms with van der Waals surface area (Å²) in [7, 11) is -3.19. The number of ether oxygens (including phenoxy) is 1. The number of hydrogen-bond donors (Lipinski definition) is 1. The van der Waals surface area contributed by atoms with Crippen molar-refractivity contribution < 1.29 is 13.2 Å². The summed E-state index contributed by atoms with van der Waals surface area (Å²) < 4.78 is 28.8. The Labute approximate surface area is 161 Å². The molecule has 2 heterocycles. The standard InChI is InChI=1S/C20H27N3O3S/c1-4-17-10-18(23-17)9-14(2)13-26-20-21-11-16(12-22-20)15-5-7-19(8-6-15)27(3,24)25/h5-8,11-12,14,17-18,23H,4,9-10,13H2,1-3H3/t14-,17?,18?/m0/s1. The van der Waals surface area contributed by atoms with Gasteiger partial charge in [0.25, 0.3) is 0 Å². The number of aromatic nitrogens is 2. The molecule has 2 unspecified atom stereocenters. The van der Waals surface area contributed by atoms with E-state index in [-0.39, 0.29) is 0 Å². The van der Waals surface area contributed by atoms with Crippen molar-refractivity contribution in [3.8, 4) is 17.1 Å². The molecule has 1 aliphatic rings. The second-order valence-corrected chi connectivity index (χ2v) is 9.42. The van der Waals surface area contributed by atoms with Gasteiger partial charge in [0, 0.05) is 36.3 Å². The molecule has 2 aromatic rings. The molecule has 1 fully saturated rings. The van der Waals surface area contributed by atoms with Crippen molar-refractivity contribution in [3.05, 3.63) is 36.7 Å². The van der Waals surface area contributed by atoms with E-state index < -0.39 is 9.84 Å². The van der Waals surface area contributed by atoms with Gasteiger partial charge in [-0.25, -0.2) is 18.4 Å². The summed E-state index contributed by atoms with van der Waals surface area (Å²) >= 11 is 0. The predicted molar refractivity (Wildman–Crippen MR) is 105 cm³/mol. The number of nitrogens with zero attached hydrogens (tertiary/aromatic N) is 2. The topological polar surface area (TPSA) is 81.2 Å². The summed E-state index contributed by atoms with van der Waals surface area (Å²) in [5, 5.41) is 3.57. The fourth-order valence-electron chi connectivity index (χ4n) is 3.31. The maximum atomic E-state index is 11.5. The van der Waals surface area contributed by atoms with Crippen molar-refractivity contribution in [2.45, 2.75) is 50.1 Å². The summed E-state index contributed by atoms with van der Waals surface area (Å²) in [6.45, 7) is 4.98. The maximum Gasteiger partial charge on any atom is 0.316 e. The molecule has 27 heavy (non-hydrogen) atoms. The van der Waals surface area contributed by atoms with Crippen molar-refractivity contribution in [3.63, 3.8) is 0 Å². The minimum Gasteiger partial charge on any atom is -0.463 e. The first-order chi connectivity index (χ1) is 12.8. The van der Waals surface area contributed by atoms with E-state index in [2.05, 4.69) is 29.1 Å². The van der Waals surface area contributed by atoms with E-state index in [9.17, 15) is 8.42 Å². The third kappa shape index (κ3) is 5.26. The highest BCUT2D eigenvalue weighted by atomic mass is 32.2. The van der Waals surface area contributed by atoms with Crippen molar-refractivity contribution in [1.82, 2.24) is 15.3 Å². The van der Waals surface area contributed by atoms with Crippen LogP contribution in [0.4, 0.5) is 0 Å². The fraction of sp³-hybridized carbons (Fsp3) is 0.500. The van der Waals surface area contributed by atoms with E-state index in [0.717, 1.165) is 17.5 Å². The van der Waals surface area contributed by atoms with Crippen LogP contribution in [0.2, 0.25) is 0 Å². The Morgan fingerprint density at radius 2 is 1.78 bits per heavy atom. The highest BCUT2D eigenvalue weighted by Crippen LogP contribution is 2.23. The SMILES string of the molecule is CCC1CC(C[C@H](C)COc2ncc(-c3ccc(S(C)(=O)=O)cc3)cn2)N1. The van der Waals surface area contributed by atoms with Crippen molar-refractivity contribution in [2.24, 2.45) is 5.92 Å². The molecule has 0 saturated carbocycles. The third-order valence-corrected chi connectivity index (χ3v) is 6.09. The van der Waals surface area contributed by atoms with Gasteiger partial charge in [-0.15, -0.1) is 0 Å². The van der Waals surface area contributed by atoms with Gasteiger partial charge in [0.1, 0.15) is 0 Å². The van der Waals surface area contributed by atoms with Gasteiger partial charge >= 0.3 is 6.01 Å². The smallest absolute Gasteiger partial charge is 0.316 e. The van der Waals surface area contributed by atoms with Gasteiger partial charge in [-0.05, 0) is 42.9 Å². The third-order valence-electron chi connectivity index (χ3n) is 4.96. The molecular formula is C20H27N3O3S. The summed E-state index contributed by atoms with van der Waals surface area (Å²) in [4.78, 5) is 8.84. The van der Waals surface area contributed by atoms with Crippen molar-refractivity contribution in [1.29, 1.82) is 0 Å². The Hall–Kier alpha value is -1.99. The number of benzene rings is 1. The van der Waals surface area contributed by atoms with Crippen molar-refractivity contribution in [2.75, 3.05) is 12.9 Å². The Kier molecular flexibility index (Phi) is 6.11. The van der Waals surface area contributed by atoms with Crippen LogP contribution in [0.15, 0.2) is 41.6 Å². The number of nitrogens with one attached hydrogen (secondary N) is 1. The molecule has 0 amide bonds. The van der Waals surface area contributed by atoms with Gasteiger partial charge in [-0.3, -0.25) is 0 Å². The molecule has 0 aliphatic carbocycles. The lowest BCUT2D eigenvalue weighted by molar-refractivity contribution is 0.178. The van der Waals surface area contributed by atoms with Crippen LogP contribution in [0.3, 0.4) is 0 Å². The zero-order valence-corrected chi connectivity index (χ0v) is 16.9. The van der Waals surface area contributed by atoms with Gasteiger partial charge < -0.3 is 10.1 Å². The van der Waals surface area contributed by atoms with Crippen LogP contribution in [-0.2, 0) is 9.84 Å². The Morgan fingerprint density at radius 1 is 1.15 bits per heavy atom. The average Bonchev–Trinajstić information content (AvgIpc) is 2.62. The quantitative estimate of drug-likeness (QED) is 0.747. The van der Waals surface area contributed by atoms with Gasteiger partial charge in [-0.2, -0.15) is 0 Å². The molecular weight excluding hydrogens is 362 g/mol. The van der Waals surface area contributed by atoms with E-state index in [1.54, 1.807) is 36.7 Å². The zero-order chi connectivity index (χ0) is 19.4. The monoisotopic (exact) mass is 389 g/mol. The molecule has 146 valence electrons. The molecule has 1 aliphatic heterocycles. The minimum atomic E-state index is -3.19. The number of sulfone groups is 1. The van der Waals surface area contributed by atoms with Crippen LogP contribution in [-0.4, -0.2) is 43.3 Å². The van der Waals surface area contributed by atoms with Crippen LogP contribution in [0.5, 0.6) is 6.01 Å². The number of hydrogen-bond acceptors (Lipinski definition) is 6. The molecule has 7 heteroatoms. The van der Waals surface area contributed by atoms with E-state index >= 15 is 0 Å². The fourth-order valence-corrected chi connectivity index (χ4v) is 3.94. The highest BCUT2D eigenvalue weighted by Gasteiger charge is 2.27. The average molecular weight is 390 g/mol. The summed E-state index contributed by atoms with van der Waals surface area (Å²) in [5.74, 6) is 0.437. The first kappa shape index (κ1) is 19.8. The maximum absolute atomic E-state index is 11.5. The van der Waals surface area contributed by atoms with Crippen LogP contribution >= 0.6 is 0 Å². The van der Waals surface area contributed by atoms with Gasteiger partial charge in [0.05, 0.1) is 11.5 Å². The first-order valence-corrected chi connectivity index (χ1v) is 11.3. The Balaban J connectivity index is 1.51. The highest BCUT2D eigenvalue weighted by molar-refractivity contribution is 7.90. The molecule has 0 spiro atoms. The summed E-state index contributed by atoms with van der Waals surface area (Å²) in [6, 6.07) is 8.35. The summed E-state index contributed by atoms with van der Waals surface area (Å²) in [5.41, 5.74) is 1.68. The second kappa shape index (κ2) is 8.35. The molecule has 3 atom stereocenters. The molecule has 1 aromatic heterocycles. The van der Waals surface area contributed by atoms with E-state index in [1.165, 1.54) is 19.1 Å². The van der Waals surface area contributed by atoms with E-state index in [4.69, 9.17) is 4.74 Å². The Bertz CT molecular complexity index is 845. The van der Waals surface area contributed by atoms with Crippen molar-refractivity contribution >= 4 is 9.84 Å². The van der Waals surface area contributed by atoms with Gasteiger partial charge in [0.15, 0.2) is 9.84 Å². The molecule has 1 aromatic carbocycles. The normalized spacial score (nSPS) is 20.7. The second-order valence-electron chi connectivity index (χ2n) is 7.41. The lowest BCUT2D eigenvalue weighted by atomic mass is 9.88. The van der Waals surface area contributed by atoms with E-state index in [0.29, 0.717) is 35.5 Å². The zero-order valence-electron chi connectivity index (χ0n) is 16.1. The summed E-state index contributed by atoms with van der Waals surface area (Å²) in [6.07, 6.45) is 8.13. The van der Waals surface area contributed by atoms with Crippen LogP contribution in [0.25, 0.3) is 11.1 Å².